The molecule has 1 aliphatic carbocycles. The number of pyridine rings is 1. The number of ether oxygens (including phenoxy) is 2. The summed E-state index contributed by atoms with van der Waals surface area (Å²) in [6, 6.07) is 12.2. The molecule has 31 heavy (non-hydrogen) atoms. The molecule has 1 N–H and O–H groups in total. The molecule has 0 spiro atoms. The maximum Gasteiger partial charge on any atom is 0.194 e. The Morgan fingerprint density at radius 3 is 2.58 bits per heavy atom. The van der Waals surface area contributed by atoms with Crippen LogP contribution in [0.25, 0.3) is 0 Å². The Labute approximate surface area is 185 Å². The van der Waals surface area contributed by atoms with Crippen LogP contribution >= 0.6 is 0 Å². The van der Waals surface area contributed by atoms with Crippen molar-refractivity contribution in [2.45, 2.75) is 38.3 Å². The Balaban J connectivity index is 1.38. The molecule has 0 radical (unpaired) electrons. The van der Waals surface area contributed by atoms with E-state index in [2.05, 4.69) is 37.2 Å². The van der Waals surface area contributed by atoms with Crippen molar-refractivity contribution in [1.29, 1.82) is 0 Å². The second-order valence-electron chi connectivity index (χ2n) is 8.04. The molecular formula is C24H33N5O2. The minimum Gasteiger partial charge on any atom is -0.493 e. The predicted octanol–water partition coefficient (Wildman–Crippen LogP) is 3.31. The van der Waals surface area contributed by atoms with E-state index in [1.54, 1.807) is 7.11 Å². The van der Waals surface area contributed by atoms with Gasteiger partial charge in [0.1, 0.15) is 5.82 Å². The molecule has 1 aliphatic heterocycles. The van der Waals surface area contributed by atoms with Crippen molar-refractivity contribution in [1.82, 2.24) is 15.2 Å². The molecule has 2 aliphatic rings. The van der Waals surface area contributed by atoms with E-state index >= 15 is 0 Å². The lowest BCUT2D eigenvalue weighted by Gasteiger charge is -2.37. The van der Waals surface area contributed by atoms with E-state index in [1.807, 2.05) is 37.5 Å². The number of nitrogens with one attached hydrogen (secondary N) is 1. The Kier molecular flexibility index (Phi) is 7.12. The van der Waals surface area contributed by atoms with Gasteiger partial charge in [0.05, 0.1) is 13.2 Å². The summed E-state index contributed by atoms with van der Waals surface area (Å²) in [6.45, 7) is 4.30. The molecular weight excluding hydrogens is 390 g/mol. The van der Waals surface area contributed by atoms with Gasteiger partial charge in [0, 0.05) is 51.5 Å². The molecule has 166 valence electrons. The topological polar surface area (TPSA) is 62.2 Å². The van der Waals surface area contributed by atoms with E-state index in [4.69, 9.17) is 9.47 Å². The van der Waals surface area contributed by atoms with Gasteiger partial charge < -0.3 is 24.6 Å². The first kappa shape index (κ1) is 21.3. The largest absolute Gasteiger partial charge is 0.493 e. The van der Waals surface area contributed by atoms with Gasteiger partial charge in [0.2, 0.25) is 0 Å². The number of nitrogens with zero attached hydrogens (tertiary/aromatic N) is 4. The smallest absolute Gasteiger partial charge is 0.194 e. The maximum absolute atomic E-state index is 6.37. The summed E-state index contributed by atoms with van der Waals surface area (Å²) in [7, 11) is 3.54. The van der Waals surface area contributed by atoms with Gasteiger partial charge in [0.25, 0.3) is 0 Å². The molecule has 0 atom stereocenters. The number of benzene rings is 1. The Morgan fingerprint density at radius 2 is 1.90 bits per heavy atom. The molecule has 7 nitrogen and oxygen atoms in total. The Hall–Kier alpha value is -2.96. The van der Waals surface area contributed by atoms with Crippen LogP contribution in [0.3, 0.4) is 0 Å². The molecule has 1 saturated carbocycles. The summed E-state index contributed by atoms with van der Waals surface area (Å²) in [4.78, 5) is 13.6. The fourth-order valence-corrected chi connectivity index (χ4v) is 4.36. The summed E-state index contributed by atoms with van der Waals surface area (Å²) < 4.78 is 12.0. The van der Waals surface area contributed by atoms with Crippen LogP contribution in [0, 0.1) is 0 Å². The van der Waals surface area contributed by atoms with E-state index in [-0.39, 0.29) is 6.10 Å². The number of hydrogen-bond donors (Lipinski definition) is 1. The molecule has 1 saturated heterocycles. The van der Waals surface area contributed by atoms with Crippen molar-refractivity contribution in [2.24, 2.45) is 4.99 Å². The lowest BCUT2D eigenvalue weighted by molar-refractivity contribution is 0.198. The van der Waals surface area contributed by atoms with Gasteiger partial charge in [-0.2, -0.15) is 0 Å². The van der Waals surface area contributed by atoms with Crippen molar-refractivity contribution in [3.8, 4) is 11.5 Å². The lowest BCUT2D eigenvalue weighted by Crippen LogP contribution is -2.52. The van der Waals surface area contributed by atoms with Crippen LogP contribution in [-0.4, -0.2) is 62.3 Å². The minimum absolute atomic E-state index is 0.286. The van der Waals surface area contributed by atoms with Gasteiger partial charge in [-0.1, -0.05) is 18.2 Å². The molecule has 2 aromatic rings. The summed E-state index contributed by atoms with van der Waals surface area (Å²) in [5.74, 6) is 3.61. The second kappa shape index (κ2) is 10.4. The first-order valence-corrected chi connectivity index (χ1v) is 11.2. The number of anilines is 1. The minimum atomic E-state index is 0.286. The number of aromatic nitrogens is 1. The summed E-state index contributed by atoms with van der Waals surface area (Å²) in [5, 5.41) is 3.53. The maximum atomic E-state index is 6.37. The van der Waals surface area contributed by atoms with Gasteiger partial charge in [-0.05, 0) is 43.9 Å². The van der Waals surface area contributed by atoms with Crippen LogP contribution in [0.2, 0.25) is 0 Å². The molecule has 1 aromatic heterocycles. The summed E-state index contributed by atoms with van der Waals surface area (Å²) in [5.41, 5.74) is 1.10. The third-order valence-electron chi connectivity index (χ3n) is 6.07. The predicted molar refractivity (Wildman–Crippen MR) is 124 cm³/mol. The number of methoxy groups -OCH3 is 1. The monoisotopic (exact) mass is 423 g/mol. The van der Waals surface area contributed by atoms with Gasteiger partial charge >= 0.3 is 0 Å². The average molecular weight is 424 g/mol. The number of piperazine rings is 1. The van der Waals surface area contributed by atoms with Crippen molar-refractivity contribution in [3.05, 3.63) is 48.2 Å². The number of guanidine groups is 1. The Morgan fingerprint density at radius 1 is 1.10 bits per heavy atom. The molecule has 2 fully saturated rings. The standard InChI is InChI=1S/C24H33N5O2/c1-25-24(29-16-14-28(15-17-29)22-12-5-6-13-26-22)27-18-19-8-7-11-21(30-2)23(19)31-20-9-3-4-10-20/h5-8,11-13,20H,3-4,9-10,14-18H2,1-2H3,(H,25,27). The first-order valence-electron chi connectivity index (χ1n) is 11.2. The highest BCUT2D eigenvalue weighted by atomic mass is 16.5. The highest BCUT2D eigenvalue weighted by molar-refractivity contribution is 5.80. The van der Waals surface area contributed by atoms with E-state index < -0.39 is 0 Å². The lowest BCUT2D eigenvalue weighted by atomic mass is 10.1. The first-order chi connectivity index (χ1) is 15.3. The molecule has 0 unspecified atom stereocenters. The molecule has 7 heteroatoms. The van der Waals surface area contributed by atoms with E-state index in [0.717, 1.165) is 67.9 Å². The van der Waals surface area contributed by atoms with Crippen LogP contribution in [0.1, 0.15) is 31.2 Å². The van der Waals surface area contributed by atoms with E-state index in [0.29, 0.717) is 6.54 Å². The number of rotatable bonds is 6. The Bertz CT molecular complexity index is 860. The molecule has 4 rings (SSSR count). The van der Waals surface area contributed by atoms with Crippen LogP contribution in [-0.2, 0) is 6.54 Å². The van der Waals surface area contributed by atoms with Gasteiger partial charge in [0.15, 0.2) is 17.5 Å². The zero-order valence-electron chi connectivity index (χ0n) is 18.6. The van der Waals surface area contributed by atoms with Crippen LogP contribution in [0.15, 0.2) is 47.6 Å². The summed E-state index contributed by atoms with van der Waals surface area (Å²) >= 11 is 0. The fourth-order valence-electron chi connectivity index (χ4n) is 4.36. The molecule has 1 aromatic carbocycles. The van der Waals surface area contributed by atoms with Crippen molar-refractivity contribution >= 4 is 11.8 Å². The van der Waals surface area contributed by atoms with Gasteiger partial charge in [-0.25, -0.2) is 4.98 Å². The average Bonchev–Trinajstić information content (AvgIpc) is 3.34. The zero-order valence-corrected chi connectivity index (χ0v) is 18.6. The quantitative estimate of drug-likeness (QED) is 0.568. The molecule has 2 heterocycles. The molecule has 0 amide bonds. The highest BCUT2D eigenvalue weighted by Gasteiger charge is 2.23. The zero-order chi connectivity index (χ0) is 21.5. The third kappa shape index (κ3) is 5.21. The normalized spacial score (nSPS) is 17.7. The highest BCUT2D eigenvalue weighted by Crippen LogP contribution is 2.34. The van der Waals surface area contributed by atoms with Crippen LogP contribution in [0.4, 0.5) is 5.82 Å². The summed E-state index contributed by atoms with van der Waals surface area (Å²) in [6.07, 6.45) is 6.85. The molecule has 0 bridgehead atoms. The van der Waals surface area contributed by atoms with Crippen LogP contribution in [0.5, 0.6) is 11.5 Å². The van der Waals surface area contributed by atoms with Gasteiger partial charge in [-0.3, -0.25) is 4.99 Å². The van der Waals surface area contributed by atoms with Crippen molar-refractivity contribution in [2.75, 3.05) is 45.2 Å². The fraction of sp³-hybridized carbons (Fsp3) is 0.500. The van der Waals surface area contributed by atoms with Crippen LogP contribution < -0.4 is 19.7 Å². The van der Waals surface area contributed by atoms with E-state index in [1.165, 1.54) is 12.8 Å². The van der Waals surface area contributed by atoms with Crippen molar-refractivity contribution < 1.29 is 9.47 Å². The SMILES string of the molecule is CN=C(NCc1cccc(OC)c1OC1CCCC1)N1CCN(c2ccccn2)CC1. The van der Waals surface area contributed by atoms with E-state index in [9.17, 15) is 0 Å². The third-order valence-corrected chi connectivity index (χ3v) is 6.07. The number of para-hydroxylation sites is 1. The van der Waals surface area contributed by atoms with Crippen molar-refractivity contribution in [3.63, 3.8) is 0 Å². The number of aliphatic imine (C=N–C) groups is 1. The van der Waals surface area contributed by atoms with Gasteiger partial charge in [-0.15, -0.1) is 0 Å². The number of hydrogen-bond acceptors (Lipinski definition) is 5. The second-order valence-corrected chi connectivity index (χ2v) is 8.04.